The fraction of sp³-hybridized carbons (Fsp3) is 0.375. The molecule has 7 nitrogen and oxygen atoms in total. The monoisotopic (exact) mass is 552 g/mol. The predicted molar refractivity (Wildman–Crippen MR) is 141 cm³/mol. The van der Waals surface area contributed by atoms with Crippen LogP contribution in [0.3, 0.4) is 0 Å². The van der Waals surface area contributed by atoms with Gasteiger partial charge < -0.3 is 29.7 Å². The van der Waals surface area contributed by atoms with Crippen LogP contribution in [0.25, 0.3) is 0 Å². The van der Waals surface area contributed by atoms with E-state index in [-0.39, 0.29) is 24.0 Å². The molecule has 0 amide bonds. The topological polar surface area (TPSA) is 67.4 Å². The third kappa shape index (κ3) is 6.69. The Bertz CT molecular complexity index is 900. The summed E-state index contributed by atoms with van der Waals surface area (Å²) in [4.78, 5) is 7.07. The van der Waals surface area contributed by atoms with Crippen LogP contribution in [0, 0.1) is 0 Å². The number of methoxy groups -OCH3 is 3. The Morgan fingerprint density at radius 2 is 1.62 bits per heavy atom. The van der Waals surface area contributed by atoms with Gasteiger partial charge in [0.1, 0.15) is 0 Å². The van der Waals surface area contributed by atoms with E-state index >= 15 is 0 Å². The van der Waals surface area contributed by atoms with Gasteiger partial charge in [-0.2, -0.15) is 0 Å². The van der Waals surface area contributed by atoms with Crippen LogP contribution in [-0.4, -0.2) is 46.9 Å². The Kier molecular flexibility index (Phi) is 10.5. The van der Waals surface area contributed by atoms with E-state index in [0.29, 0.717) is 30.3 Å². The van der Waals surface area contributed by atoms with E-state index in [1.54, 1.807) is 21.3 Å². The second kappa shape index (κ2) is 13.0. The molecule has 0 aromatic heterocycles. The van der Waals surface area contributed by atoms with Crippen molar-refractivity contribution in [1.29, 1.82) is 0 Å². The van der Waals surface area contributed by atoms with Crippen molar-refractivity contribution < 1.29 is 14.2 Å². The molecule has 32 heavy (non-hydrogen) atoms. The molecule has 2 aromatic carbocycles. The molecule has 0 spiro atoms. The van der Waals surface area contributed by atoms with Crippen LogP contribution in [0.4, 0.5) is 5.69 Å². The molecule has 2 aromatic rings. The van der Waals surface area contributed by atoms with Crippen molar-refractivity contribution in [2.75, 3.05) is 45.9 Å². The molecule has 1 aliphatic rings. The first-order valence-electron chi connectivity index (χ1n) is 10.5. The first-order valence-corrected chi connectivity index (χ1v) is 10.5. The van der Waals surface area contributed by atoms with Crippen LogP contribution in [-0.2, 0) is 13.1 Å². The van der Waals surface area contributed by atoms with E-state index in [1.165, 1.54) is 11.3 Å². The van der Waals surface area contributed by atoms with E-state index in [2.05, 4.69) is 58.9 Å². The quantitative estimate of drug-likeness (QED) is 0.213. The standard InChI is InChI=1S/C24H32N4O3.HI/c1-5-25-24(26-16-18-9-8-10-20(13-18)28-11-6-7-12-28)27-17-19-14-21(29-2)23(31-4)22(15-19)30-3;/h6-10,13-15H,5,11-12,16-17H2,1-4H3,(H2,25,26,27);1H. The number of halogens is 1. The van der Waals surface area contributed by atoms with E-state index in [0.717, 1.165) is 31.2 Å². The summed E-state index contributed by atoms with van der Waals surface area (Å²) < 4.78 is 16.3. The van der Waals surface area contributed by atoms with Crippen molar-refractivity contribution >= 4 is 35.6 Å². The summed E-state index contributed by atoms with van der Waals surface area (Å²) in [6, 6.07) is 12.4. The molecular formula is C24H33IN4O3. The fourth-order valence-electron chi connectivity index (χ4n) is 3.48. The minimum absolute atomic E-state index is 0. The van der Waals surface area contributed by atoms with E-state index < -0.39 is 0 Å². The van der Waals surface area contributed by atoms with E-state index in [4.69, 9.17) is 19.2 Å². The molecule has 0 atom stereocenters. The number of nitrogens with one attached hydrogen (secondary N) is 2. The van der Waals surface area contributed by atoms with Crippen LogP contribution in [0.15, 0.2) is 53.5 Å². The smallest absolute Gasteiger partial charge is 0.203 e. The first kappa shape index (κ1) is 25.6. The third-order valence-electron chi connectivity index (χ3n) is 5.04. The molecule has 8 heteroatoms. The minimum Gasteiger partial charge on any atom is -0.493 e. The number of aliphatic imine (C=N–C) groups is 1. The van der Waals surface area contributed by atoms with Crippen molar-refractivity contribution in [3.63, 3.8) is 0 Å². The number of hydrogen-bond acceptors (Lipinski definition) is 5. The zero-order valence-corrected chi connectivity index (χ0v) is 21.5. The Hall–Kier alpha value is -2.62. The van der Waals surface area contributed by atoms with Crippen LogP contribution in [0.1, 0.15) is 18.1 Å². The van der Waals surface area contributed by atoms with Crippen LogP contribution in [0.2, 0.25) is 0 Å². The number of ether oxygens (including phenoxy) is 3. The van der Waals surface area contributed by atoms with Gasteiger partial charge in [-0.05, 0) is 42.3 Å². The predicted octanol–water partition coefficient (Wildman–Crippen LogP) is 3.96. The number of rotatable bonds is 9. The molecule has 0 radical (unpaired) electrons. The Morgan fingerprint density at radius 1 is 0.938 bits per heavy atom. The minimum atomic E-state index is 0. The van der Waals surface area contributed by atoms with Crippen molar-refractivity contribution in [3.8, 4) is 17.2 Å². The summed E-state index contributed by atoms with van der Waals surface area (Å²) in [7, 11) is 4.82. The molecule has 1 heterocycles. The van der Waals surface area contributed by atoms with Gasteiger partial charge in [-0.1, -0.05) is 24.3 Å². The summed E-state index contributed by atoms with van der Waals surface area (Å²) in [5, 5.41) is 6.73. The second-order valence-electron chi connectivity index (χ2n) is 7.13. The molecule has 0 bridgehead atoms. The Labute approximate surface area is 207 Å². The highest BCUT2D eigenvalue weighted by molar-refractivity contribution is 14.0. The van der Waals surface area contributed by atoms with Crippen molar-refractivity contribution in [3.05, 3.63) is 59.7 Å². The molecule has 174 valence electrons. The van der Waals surface area contributed by atoms with Gasteiger partial charge in [0.15, 0.2) is 17.5 Å². The van der Waals surface area contributed by atoms with Crippen LogP contribution >= 0.6 is 24.0 Å². The number of hydrogen-bond donors (Lipinski definition) is 2. The number of benzene rings is 2. The van der Waals surface area contributed by atoms with Gasteiger partial charge in [0, 0.05) is 31.9 Å². The highest BCUT2D eigenvalue weighted by Gasteiger charge is 2.13. The summed E-state index contributed by atoms with van der Waals surface area (Å²) in [6.07, 6.45) is 4.40. The summed E-state index contributed by atoms with van der Waals surface area (Å²) in [5.41, 5.74) is 3.42. The van der Waals surface area contributed by atoms with E-state index in [1.807, 2.05) is 12.1 Å². The maximum Gasteiger partial charge on any atom is 0.203 e. The fourth-order valence-corrected chi connectivity index (χ4v) is 3.48. The van der Waals surface area contributed by atoms with Gasteiger partial charge in [0.25, 0.3) is 0 Å². The van der Waals surface area contributed by atoms with Crippen molar-refractivity contribution in [1.82, 2.24) is 10.6 Å². The summed E-state index contributed by atoms with van der Waals surface area (Å²) in [5.74, 6) is 2.58. The van der Waals surface area contributed by atoms with Gasteiger partial charge in [-0.3, -0.25) is 0 Å². The highest BCUT2D eigenvalue weighted by atomic mass is 127. The first-order chi connectivity index (χ1) is 15.2. The molecule has 0 unspecified atom stereocenters. The largest absolute Gasteiger partial charge is 0.493 e. The second-order valence-corrected chi connectivity index (χ2v) is 7.13. The molecule has 2 N–H and O–H groups in total. The molecule has 3 rings (SSSR count). The van der Waals surface area contributed by atoms with Crippen molar-refractivity contribution in [2.24, 2.45) is 4.99 Å². The lowest BCUT2D eigenvalue weighted by molar-refractivity contribution is 0.324. The number of nitrogens with zero attached hydrogens (tertiary/aromatic N) is 2. The summed E-state index contributed by atoms with van der Waals surface area (Å²) >= 11 is 0. The van der Waals surface area contributed by atoms with Gasteiger partial charge in [-0.25, -0.2) is 4.99 Å². The number of anilines is 1. The lowest BCUT2D eigenvalue weighted by Crippen LogP contribution is -2.36. The number of guanidine groups is 1. The van der Waals surface area contributed by atoms with Crippen LogP contribution in [0.5, 0.6) is 17.2 Å². The van der Waals surface area contributed by atoms with Crippen LogP contribution < -0.4 is 29.7 Å². The molecule has 1 aliphatic heterocycles. The Balaban J connectivity index is 0.00000363. The van der Waals surface area contributed by atoms with Gasteiger partial charge in [0.05, 0.1) is 27.9 Å². The zero-order valence-electron chi connectivity index (χ0n) is 19.2. The van der Waals surface area contributed by atoms with Gasteiger partial charge in [-0.15, -0.1) is 24.0 Å². The Morgan fingerprint density at radius 3 is 2.22 bits per heavy atom. The molecule has 0 aliphatic carbocycles. The lowest BCUT2D eigenvalue weighted by atomic mass is 10.2. The van der Waals surface area contributed by atoms with Gasteiger partial charge in [0.2, 0.25) is 5.75 Å². The molecule has 0 fully saturated rings. The average Bonchev–Trinajstić information content (AvgIpc) is 3.35. The average molecular weight is 552 g/mol. The maximum atomic E-state index is 5.44. The molecule has 0 saturated heterocycles. The SMILES string of the molecule is CCNC(=NCc1cc(OC)c(OC)c(OC)c1)NCc1cccc(N2CC=CC2)c1.I. The van der Waals surface area contributed by atoms with E-state index in [9.17, 15) is 0 Å². The van der Waals surface area contributed by atoms with Crippen molar-refractivity contribution in [2.45, 2.75) is 20.0 Å². The molecular weight excluding hydrogens is 519 g/mol. The maximum absolute atomic E-state index is 5.44. The molecule has 0 saturated carbocycles. The highest BCUT2D eigenvalue weighted by Crippen LogP contribution is 2.38. The summed E-state index contributed by atoms with van der Waals surface area (Å²) in [6.45, 7) is 5.94. The third-order valence-corrected chi connectivity index (χ3v) is 5.04. The normalized spacial score (nSPS) is 12.9. The zero-order chi connectivity index (χ0) is 22.1. The van der Waals surface area contributed by atoms with Gasteiger partial charge >= 0.3 is 0 Å². The lowest BCUT2D eigenvalue weighted by Gasteiger charge is -2.19.